The number of nitrogens with zero attached hydrogens (tertiary/aromatic N) is 2. The molecule has 0 N–H and O–H groups in total. The Kier molecular flexibility index (Phi) is 15.0. The van der Waals surface area contributed by atoms with E-state index in [4.69, 9.17) is 10.00 Å². The zero-order chi connectivity index (χ0) is 23.1. The van der Waals surface area contributed by atoms with Gasteiger partial charge in [0.15, 0.2) is 0 Å². The maximum absolute atomic E-state index is 8.50. The zero-order valence-electron chi connectivity index (χ0n) is 20.1. The van der Waals surface area contributed by atoms with E-state index in [1.54, 1.807) is 0 Å². The number of hydrogen-bond acceptors (Lipinski definition) is 3. The number of nitriles is 1. The number of benzene rings is 2. The van der Waals surface area contributed by atoms with Gasteiger partial charge in [0.1, 0.15) is 12.4 Å². The summed E-state index contributed by atoms with van der Waals surface area (Å²) in [5, 5.41) is 8.50. The maximum atomic E-state index is 8.50. The van der Waals surface area contributed by atoms with Crippen molar-refractivity contribution in [1.82, 2.24) is 4.90 Å². The van der Waals surface area contributed by atoms with Crippen molar-refractivity contribution in [3.05, 3.63) is 63.1 Å². The van der Waals surface area contributed by atoms with Gasteiger partial charge in [0.2, 0.25) is 0 Å². The monoisotopic (exact) mass is 474 g/mol. The summed E-state index contributed by atoms with van der Waals surface area (Å²) < 4.78 is 6.86. The van der Waals surface area contributed by atoms with Crippen molar-refractivity contribution in [2.75, 3.05) is 27.2 Å². The highest BCUT2D eigenvalue weighted by molar-refractivity contribution is 9.10. The second-order valence-corrected chi connectivity index (χ2v) is 8.29. The fourth-order valence-corrected chi connectivity index (χ4v) is 3.41. The summed E-state index contributed by atoms with van der Waals surface area (Å²) in [5.74, 6) is 1.46. The molecule has 0 aliphatic rings. The summed E-state index contributed by atoms with van der Waals surface area (Å²) in [6.45, 7) is 14.3. The van der Waals surface area contributed by atoms with Gasteiger partial charge >= 0.3 is 0 Å². The molecule has 0 saturated carbocycles. The van der Waals surface area contributed by atoms with Gasteiger partial charge in [0.05, 0.1) is 12.5 Å². The molecule has 0 spiro atoms. The Balaban J connectivity index is 0.000000535. The first-order valence-electron chi connectivity index (χ1n) is 10.8. The van der Waals surface area contributed by atoms with Crippen molar-refractivity contribution >= 4 is 15.9 Å². The van der Waals surface area contributed by atoms with Gasteiger partial charge in [-0.2, -0.15) is 5.26 Å². The first kappa shape index (κ1) is 28.2. The Hall–Kier alpha value is -1.83. The number of halogens is 1. The summed E-state index contributed by atoms with van der Waals surface area (Å²) >= 11 is 3.56. The van der Waals surface area contributed by atoms with Crippen molar-refractivity contribution in [2.45, 2.75) is 60.3 Å². The molecule has 3 nitrogen and oxygen atoms in total. The third-order valence-corrected chi connectivity index (χ3v) is 5.20. The van der Waals surface area contributed by atoms with Crippen LogP contribution in [0.5, 0.6) is 5.75 Å². The second kappa shape index (κ2) is 15.9. The number of rotatable bonds is 7. The summed E-state index contributed by atoms with van der Waals surface area (Å²) in [7, 11) is 4.09. The van der Waals surface area contributed by atoms with Crippen LogP contribution in [0.2, 0.25) is 0 Å². The van der Waals surface area contributed by atoms with Gasteiger partial charge in [0, 0.05) is 11.0 Å². The molecule has 2 rings (SSSR count). The molecule has 0 amide bonds. The van der Waals surface area contributed by atoms with Crippen LogP contribution >= 0.6 is 15.9 Å². The molecular formula is C26H39BrN2O. The van der Waals surface area contributed by atoms with Crippen LogP contribution in [0.4, 0.5) is 0 Å². The fraction of sp³-hybridized carbons (Fsp3) is 0.500. The quantitative estimate of drug-likeness (QED) is 0.426. The van der Waals surface area contributed by atoms with Crippen LogP contribution in [0, 0.1) is 18.3 Å². The number of ether oxygens (including phenoxy) is 1. The highest BCUT2D eigenvalue weighted by Gasteiger charge is 2.06. The van der Waals surface area contributed by atoms with Gasteiger partial charge in [-0.1, -0.05) is 68.7 Å². The molecule has 30 heavy (non-hydrogen) atoms. The first-order valence-corrected chi connectivity index (χ1v) is 11.6. The SMILES string of the molecule is CC.CC(C)c1cc(OCCN(C)C)ccc1Br.CCc1cc(CC#N)ccc1C. The van der Waals surface area contributed by atoms with Gasteiger partial charge in [0.25, 0.3) is 0 Å². The van der Waals surface area contributed by atoms with E-state index in [0.717, 1.165) is 35.4 Å². The van der Waals surface area contributed by atoms with Crippen molar-refractivity contribution in [3.63, 3.8) is 0 Å². The molecule has 4 heteroatoms. The average Bonchev–Trinajstić information content (AvgIpc) is 2.72. The minimum Gasteiger partial charge on any atom is -0.492 e. The van der Waals surface area contributed by atoms with Crippen LogP contribution in [-0.4, -0.2) is 32.1 Å². The lowest BCUT2D eigenvalue weighted by Crippen LogP contribution is -2.19. The lowest BCUT2D eigenvalue weighted by molar-refractivity contribution is 0.261. The van der Waals surface area contributed by atoms with Crippen molar-refractivity contribution < 1.29 is 4.74 Å². The Bertz CT molecular complexity index is 779. The Labute approximate surface area is 193 Å². The zero-order valence-corrected chi connectivity index (χ0v) is 21.6. The van der Waals surface area contributed by atoms with E-state index in [0.29, 0.717) is 12.3 Å². The molecular weight excluding hydrogens is 436 g/mol. The molecule has 0 aliphatic heterocycles. The molecule has 0 fully saturated rings. The first-order chi connectivity index (χ1) is 14.3. The smallest absolute Gasteiger partial charge is 0.119 e. The topological polar surface area (TPSA) is 36.3 Å². The summed E-state index contributed by atoms with van der Waals surface area (Å²) in [4.78, 5) is 2.11. The molecule has 0 aliphatic carbocycles. The van der Waals surface area contributed by atoms with Gasteiger partial charge < -0.3 is 9.64 Å². The largest absolute Gasteiger partial charge is 0.492 e. The normalized spacial score (nSPS) is 9.93. The molecule has 0 unspecified atom stereocenters. The number of aryl methyl sites for hydroxylation is 2. The summed E-state index contributed by atoms with van der Waals surface area (Å²) in [6, 6.07) is 14.6. The Morgan fingerprint density at radius 2 is 1.77 bits per heavy atom. The minimum atomic E-state index is 0.506. The summed E-state index contributed by atoms with van der Waals surface area (Å²) in [5.41, 5.74) is 5.09. The lowest BCUT2D eigenvalue weighted by atomic mass is 10.0. The van der Waals surface area contributed by atoms with Crippen molar-refractivity contribution in [1.29, 1.82) is 5.26 Å². The van der Waals surface area contributed by atoms with E-state index in [9.17, 15) is 0 Å². The fourth-order valence-electron chi connectivity index (χ4n) is 2.71. The molecule has 0 aromatic heterocycles. The maximum Gasteiger partial charge on any atom is 0.119 e. The van der Waals surface area contributed by atoms with Gasteiger partial charge in [-0.05, 0) is 73.8 Å². The van der Waals surface area contributed by atoms with Gasteiger partial charge in [-0.25, -0.2) is 0 Å². The second-order valence-electron chi connectivity index (χ2n) is 7.44. The summed E-state index contributed by atoms with van der Waals surface area (Å²) in [6.07, 6.45) is 1.57. The molecule has 0 heterocycles. The standard InChI is InChI=1S/C13H20BrNO.C11H13N.C2H6/c1-10(2)12-9-11(5-6-13(12)14)16-8-7-15(3)4;1-3-11-8-10(6-7-12)5-4-9(11)2;1-2/h5-6,9-10H,7-8H2,1-4H3;4-5,8H,3,6H2,1-2H3;1-2H3. The van der Waals surface area contributed by atoms with Crippen LogP contribution in [0.3, 0.4) is 0 Å². The van der Waals surface area contributed by atoms with Crippen LogP contribution in [0.1, 0.15) is 62.8 Å². The van der Waals surface area contributed by atoms with Crippen LogP contribution in [-0.2, 0) is 12.8 Å². The Morgan fingerprint density at radius 3 is 2.30 bits per heavy atom. The number of hydrogen-bond donors (Lipinski definition) is 0. The van der Waals surface area contributed by atoms with E-state index in [2.05, 4.69) is 78.9 Å². The molecule has 166 valence electrons. The predicted molar refractivity (Wildman–Crippen MR) is 134 cm³/mol. The van der Waals surface area contributed by atoms with E-state index >= 15 is 0 Å². The van der Waals surface area contributed by atoms with Crippen LogP contribution in [0.15, 0.2) is 40.9 Å². The molecule has 0 bridgehead atoms. The third kappa shape index (κ3) is 10.8. The van der Waals surface area contributed by atoms with E-state index in [-0.39, 0.29) is 0 Å². The molecule has 0 saturated heterocycles. The van der Waals surface area contributed by atoms with Crippen molar-refractivity contribution in [3.8, 4) is 11.8 Å². The molecule has 0 radical (unpaired) electrons. The number of likely N-dealkylation sites (N-methyl/N-ethyl adjacent to an activating group) is 1. The van der Waals surface area contributed by atoms with Crippen LogP contribution in [0.25, 0.3) is 0 Å². The van der Waals surface area contributed by atoms with E-state index in [1.165, 1.54) is 16.7 Å². The predicted octanol–water partition coefficient (Wildman–Crippen LogP) is 7.16. The van der Waals surface area contributed by atoms with Crippen molar-refractivity contribution in [2.24, 2.45) is 0 Å². The molecule has 2 aromatic rings. The lowest BCUT2D eigenvalue weighted by Gasteiger charge is -2.14. The van der Waals surface area contributed by atoms with Gasteiger partial charge in [-0.15, -0.1) is 0 Å². The van der Waals surface area contributed by atoms with E-state index < -0.39 is 0 Å². The molecule has 2 aromatic carbocycles. The minimum absolute atomic E-state index is 0.506. The van der Waals surface area contributed by atoms with Gasteiger partial charge in [-0.3, -0.25) is 0 Å². The average molecular weight is 476 g/mol. The highest BCUT2D eigenvalue weighted by Crippen LogP contribution is 2.28. The molecule has 0 atom stereocenters. The third-order valence-electron chi connectivity index (χ3n) is 4.47. The van der Waals surface area contributed by atoms with E-state index in [1.807, 2.05) is 40.1 Å². The van der Waals surface area contributed by atoms with Crippen LogP contribution < -0.4 is 4.74 Å². The highest BCUT2D eigenvalue weighted by atomic mass is 79.9. The Morgan fingerprint density at radius 1 is 1.10 bits per heavy atom.